The molecule has 0 aliphatic carbocycles. The van der Waals surface area contributed by atoms with Crippen LogP contribution in [0.15, 0.2) is 42.5 Å². The van der Waals surface area contributed by atoms with Crippen LogP contribution in [0, 0.1) is 17.0 Å². The van der Waals surface area contributed by atoms with E-state index in [-0.39, 0.29) is 23.0 Å². The number of nitro groups is 1. The van der Waals surface area contributed by atoms with Gasteiger partial charge in [0.2, 0.25) is 0 Å². The van der Waals surface area contributed by atoms with Crippen molar-refractivity contribution in [2.24, 2.45) is 0 Å². The number of amides is 1. The zero-order valence-corrected chi connectivity index (χ0v) is 15.1. The zero-order valence-electron chi connectivity index (χ0n) is 15.1. The summed E-state index contributed by atoms with van der Waals surface area (Å²) in [6.07, 6.45) is 0.674. The molecule has 0 fully saturated rings. The van der Waals surface area contributed by atoms with Gasteiger partial charge in [0, 0.05) is 6.07 Å². The number of nitrogens with one attached hydrogen (secondary N) is 1. The largest absolute Gasteiger partial charge is 0.452 e. The van der Waals surface area contributed by atoms with Gasteiger partial charge in [-0.05, 0) is 31.0 Å². The van der Waals surface area contributed by atoms with Crippen LogP contribution in [0.25, 0.3) is 0 Å². The lowest BCUT2D eigenvalue weighted by molar-refractivity contribution is -0.383. The molecule has 2 aromatic rings. The van der Waals surface area contributed by atoms with Crippen LogP contribution < -0.4 is 11.1 Å². The highest BCUT2D eigenvalue weighted by Gasteiger charge is 2.18. The monoisotopic (exact) mass is 371 g/mol. The van der Waals surface area contributed by atoms with E-state index in [1.165, 1.54) is 12.1 Å². The molecule has 0 saturated carbocycles. The molecular weight excluding hydrogens is 350 g/mol. The quantitative estimate of drug-likeness (QED) is 0.334. The van der Waals surface area contributed by atoms with Crippen LogP contribution in [0.4, 0.5) is 11.4 Å². The van der Waals surface area contributed by atoms with Gasteiger partial charge in [0.1, 0.15) is 5.69 Å². The minimum atomic E-state index is -0.836. The van der Waals surface area contributed by atoms with E-state index < -0.39 is 23.4 Å². The molecule has 0 bridgehead atoms. The average Bonchev–Trinajstić information content (AvgIpc) is 2.65. The Morgan fingerprint density at radius 3 is 2.48 bits per heavy atom. The van der Waals surface area contributed by atoms with Crippen molar-refractivity contribution in [3.8, 4) is 0 Å². The van der Waals surface area contributed by atoms with Crippen molar-refractivity contribution in [2.75, 3.05) is 12.3 Å². The lowest BCUT2D eigenvalue weighted by Crippen LogP contribution is -2.32. The van der Waals surface area contributed by atoms with Gasteiger partial charge in [-0.2, -0.15) is 0 Å². The Morgan fingerprint density at radius 2 is 1.89 bits per heavy atom. The fourth-order valence-electron chi connectivity index (χ4n) is 2.50. The predicted molar refractivity (Wildman–Crippen MR) is 100 cm³/mol. The van der Waals surface area contributed by atoms with Gasteiger partial charge in [-0.3, -0.25) is 14.9 Å². The van der Waals surface area contributed by atoms with Gasteiger partial charge in [0.25, 0.3) is 11.6 Å². The van der Waals surface area contributed by atoms with E-state index in [0.717, 1.165) is 17.2 Å². The van der Waals surface area contributed by atoms with Gasteiger partial charge in [0.05, 0.1) is 16.5 Å². The van der Waals surface area contributed by atoms with Crippen LogP contribution in [0.5, 0.6) is 0 Å². The second-order valence-corrected chi connectivity index (χ2v) is 6.05. The lowest BCUT2D eigenvalue weighted by Gasteiger charge is -2.17. The molecule has 1 atom stereocenters. The molecule has 3 N–H and O–H groups in total. The average molecular weight is 371 g/mol. The number of aryl methyl sites for hydroxylation is 1. The SMILES string of the molecule is CC[C@@H](NC(=O)COC(=O)c1ccc(N)c([N+](=O)[O-])c1)c1ccc(C)cc1. The van der Waals surface area contributed by atoms with Crippen LogP contribution >= 0.6 is 0 Å². The number of hydrogen-bond acceptors (Lipinski definition) is 6. The van der Waals surface area contributed by atoms with Gasteiger partial charge in [-0.25, -0.2) is 4.79 Å². The maximum Gasteiger partial charge on any atom is 0.338 e. The number of nitrogens with two attached hydrogens (primary N) is 1. The number of benzene rings is 2. The normalized spacial score (nSPS) is 11.5. The van der Waals surface area contributed by atoms with Gasteiger partial charge in [-0.15, -0.1) is 0 Å². The summed E-state index contributed by atoms with van der Waals surface area (Å²) in [5.41, 5.74) is 7.07. The van der Waals surface area contributed by atoms with Crippen molar-refractivity contribution < 1.29 is 19.2 Å². The molecule has 0 aliphatic heterocycles. The van der Waals surface area contributed by atoms with Gasteiger partial charge >= 0.3 is 5.97 Å². The zero-order chi connectivity index (χ0) is 20.0. The smallest absolute Gasteiger partial charge is 0.338 e. The van der Waals surface area contributed by atoms with Crippen LogP contribution in [-0.2, 0) is 9.53 Å². The van der Waals surface area contributed by atoms with Crippen molar-refractivity contribution in [3.63, 3.8) is 0 Å². The molecule has 0 unspecified atom stereocenters. The lowest BCUT2D eigenvalue weighted by atomic mass is 10.0. The van der Waals surface area contributed by atoms with Crippen LogP contribution in [0.3, 0.4) is 0 Å². The molecule has 1 amide bonds. The molecule has 0 radical (unpaired) electrons. The van der Waals surface area contributed by atoms with E-state index >= 15 is 0 Å². The Balaban J connectivity index is 1.96. The first-order chi connectivity index (χ1) is 12.8. The third-order valence-corrected chi connectivity index (χ3v) is 4.02. The summed E-state index contributed by atoms with van der Waals surface area (Å²) in [5.74, 6) is -1.29. The number of nitrogen functional groups attached to an aromatic ring is 1. The Hall–Kier alpha value is -3.42. The first-order valence-corrected chi connectivity index (χ1v) is 8.38. The fraction of sp³-hybridized carbons (Fsp3) is 0.263. The maximum atomic E-state index is 12.1. The standard InChI is InChI=1S/C19H21N3O5/c1-3-16(13-6-4-12(2)5-7-13)21-18(23)11-27-19(24)14-8-9-15(20)17(10-14)22(25)26/h4-10,16H,3,11,20H2,1-2H3,(H,21,23)/t16-/m1/s1. The van der Waals surface area contributed by atoms with Crippen molar-refractivity contribution in [1.29, 1.82) is 0 Å². The maximum absolute atomic E-state index is 12.1. The third kappa shape index (κ3) is 5.27. The highest BCUT2D eigenvalue weighted by molar-refractivity contribution is 5.92. The number of carbonyl (C=O) groups is 2. The molecule has 0 aromatic heterocycles. The first-order valence-electron chi connectivity index (χ1n) is 8.38. The molecule has 27 heavy (non-hydrogen) atoms. The molecule has 8 heteroatoms. The molecule has 0 heterocycles. The molecule has 0 aliphatic rings. The molecule has 2 aromatic carbocycles. The summed E-state index contributed by atoms with van der Waals surface area (Å²) < 4.78 is 4.95. The van der Waals surface area contributed by atoms with Crippen molar-refractivity contribution in [2.45, 2.75) is 26.3 Å². The molecule has 0 saturated heterocycles. The minimum absolute atomic E-state index is 0.0470. The summed E-state index contributed by atoms with van der Waals surface area (Å²) >= 11 is 0. The molecule has 142 valence electrons. The Labute approximate surface area is 156 Å². The number of ether oxygens (including phenoxy) is 1. The highest BCUT2D eigenvalue weighted by Crippen LogP contribution is 2.22. The summed E-state index contributed by atoms with van der Waals surface area (Å²) in [6, 6.07) is 11.2. The summed E-state index contributed by atoms with van der Waals surface area (Å²) in [6.45, 7) is 3.42. The number of anilines is 1. The number of hydrogen-bond donors (Lipinski definition) is 2. The third-order valence-electron chi connectivity index (χ3n) is 4.02. The van der Waals surface area contributed by atoms with E-state index in [4.69, 9.17) is 10.5 Å². The van der Waals surface area contributed by atoms with Gasteiger partial charge in [-0.1, -0.05) is 36.8 Å². The Morgan fingerprint density at radius 1 is 1.22 bits per heavy atom. The van der Waals surface area contributed by atoms with Crippen molar-refractivity contribution in [1.82, 2.24) is 5.32 Å². The van der Waals surface area contributed by atoms with Crippen LogP contribution in [0.2, 0.25) is 0 Å². The van der Waals surface area contributed by atoms with Crippen molar-refractivity contribution in [3.05, 3.63) is 69.3 Å². The van der Waals surface area contributed by atoms with Crippen molar-refractivity contribution >= 4 is 23.3 Å². The van der Waals surface area contributed by atoms with E-state index in [1.54, 1.807) is 0 Å². The number of nitrogens with zero attached hydrogens (tertiary/aromatic N) is 1. The second kappa shape index (κ2) is 8.79. The molecule has 8 nitrogen and oxygen atoms in total. The van der Waals surface area contributed by atoms with E-state index in [2.05, 4.69) is 5.32 Å². The fourth-order valence-corrected chi connectivity index (χ4v) is 2.50. The van der Waals surface area contributed by atoms with Gasteiger partial charge in [0.15, 0.2) is 6.61 Å². The number of carbonyl (C=O) groups excluding carboxylic acids is 2. The van der Waals surface area contributed by atoms with E-state index in [1.807, 2.05) is 38.1 Å². The van der Waals surface area contributed by atoms with Crippen LogP contribution in [-0.4, -0.2) is 23.4 Å². The predicted octanol–water partition coefficient (Wildman–Crippen LogP) is 2.91. The molecular formula is C19H21N3O5. The number of rotatable bonds is 7. The molecule has 2 rings (SSSR count). The summed E-state index contributed by atoms with van der Waals surface area (Å²) in [5, 5.41) is 13.7. The summed E-state index contributed by atoms with van der Waals surface area (Å²) in [4.78, 5) is 34.3. The summed E-state index contributed by atoms with van der Waals surface area (Å²) in [7, 11) is 0. The van der Waals surface area contributed by atoms with Gasteiger partial charge < -0.3 is 15.8 Å². The van der Waals surface area contributed by atoms with Crippen LogP contribution in [0.1, 0.15) is 40.9 Å². The first kappa shape index (κ1) is 19.9. The van der Waals surface area contributed by atoms with E-state index in [0.29, 0.717) is 6.42 Å². The Bertz CT molecular complexity index is 849. The molecule has 0 spiro atoms. The second-order valence-electron chi connectivity index (χ2n) is 6.05. The number of esters is 1. The van der Waals surface area contributed by atoms with E-state index in [9.17, 15) is 19.7 Å². The minimum Gasteiger partial charge on any atom is -0.452 e. The Kier molecular flexibility index (Phi) is 6.48. The topological polar surface area (TPSA) is 125 Å². The number of nitro benzene ring substituents is 1. The highest BCUT2D eigenvalue weighted by atomic mass is 16.6.